The largest absolute Gasteiger partial charge is 0.480 e. The van der Waals surface area contributed by atoms with Gasteiger partial charge in [-0.05, 0) is 37.8 Å². The van der Waals surface area contributed by atoms with Gasteiger partial charge in [-0.15, -0.1) is 0 Å². The number of hydrogen-bond acceptors (Lipinski definition) is 4. The molecule has 1 saturated heterocycles. The fourth-order valence-electron chi connectivity index (χ4n) is 2.94. The zero-order chi connectivity index (χ0) is 13.2. The molecule has 1 amide bonds. The molecule has 0 aromatic rings. The summed E-state index contributed by atoms with van der Waals surface area (Å²) in [4.78, 5) is 23.0. The zero-order valence-corrected chi connectivity index (χ0v) is 10.1. The van der Waals surface area contributed by atoms with Gasteiger partial charge >= 0.3 is 12.1 Å². The summed E-state index contributed by atoms with van der Waals surface area (Å²) in [7, 11) is 0. The number of alkyl carbamates (subject to hydrolysis) is 1. The number of carboxylic acids is 1. The Morgan fingerprint density at radius 1 is 1.44 bits per heavy atom. The molecule has 0 radical (unpaired) electrons. The summed E-state index contributed by atoms with van der Waals surface area (Å²) in [6, 6.07) is 0. The minimum Gasteiger partial charge on any atom is -0.480 e. The third kappa shape index (κ3) is 2.33. The number of nitrogens with one attached hydrogen (secondary N) is 2. The predicted octanol–water partition coefficient (Wildman–Crippen LogP) is 0.351. The van der Waals surface area contributed by atoms with Crippen molar-refractivity contribution in [3.63, 3.8) is 0 Å². The number of amides is 1. The van der Waals surface area contributed by atoms with Crippen molar-refractivity contribution in [2.45, 2.75) is 18.4 Å². The first kappa shape index (κ1) is 12.9. The summed E-state index contributed by atoms with van der Waals surface area (Å²) in [5.41, 5.74) is -1.17. The van der Waals surface area contributed by atoms with Crippen LogP contribution >= 0.6 is 0 Å². The van der Waals surface area contributed by atoms with Crippen LogP contribution in [0.1, 0.15) is 12.8 Å². The molecule has 100 valence electrons. The molecule has 2 fully saturated rings. The Morgan fingerprint density at radius 2 is 2.06 bits per heavy atom. The van der Waals surface area contributed by atoms with Gasteiger partial charge in [-0.25, -0.2) is 9.59 Å². The lowest BCUT2D eigenvalue weighted by atomic mass is 9.96. The number of fused-ring (bicyclic) bond motifs is 1. The molecule has 3 N–H and O–H groups in total. The molecule has 6 nitrogen and oxygen atoms in total. The van der Waals surface area contributed by atoms with Crippen molar-refractivity contribution in [3.8, 4) is 0 Å². The molecule has 0 aromatic heterocycles. The standard InChI is InChI=1S/C12H18N2O4/c1-2-3-18-11(17)14-12(10(15)16)4-8-6-13-7-9(8)5-12/h2,8-9,13H,1,3-7H2,(H,14,17)(H,15,16)/t8-,9+,12?. The van der Waals surface area contributed by atoms with Gasteiger partial charge in [0.25, 0.3) is 0 Å². The maximum Gasteiger partial charge on any atom is 0.408 e. The van der Waals surface area contributed by atoms with Crippen LogP contribution in [0, 0.1) is 11.8 Å². The molecule has 1 saturated carbocycles. The van der Waals surface area contributed by atoms with Crippen LogP contribution in [-0.2, 0) is 9.53 Å². The van der Waals surface area contributed by atoms with Crippen LogP contribution in [0.5, 0.6) is 0 Å². The first-order valence-electron chi connectivity index (χ1n) is 6.07. The van der Waals surface area contributed by atoms with Crippen molar-refractivity contribution in [3.05, 3.63) is 12.7 Å². The van der Waals surface area contributed by atoms with Crippen LogP contribution in [-0.4, -0.2) is 42.4 Å². The fraction of sp³-hybridized carbons (Fsp3) is 0.667. The highest BCUT2D eigenvalue weighted by Gasteiger charge is 2.53. The van der Waals surface area contributed by atoms with Crippen molar-refractivity contribution < 1.29 is 19.4 Å². The van der Waals surface area contributed by atoms with Gasteiger partial charge in [0, 0.05) is 0 Å². The number of carbonyl (C=O) groups excluding carboxylic acids is 1. The summed E-state index contributed by atoms with van der Waals surface area (Å²) in [6.07, 6.45) is 1.68. The normalized spacial score (nSPS) is 33.8. The molecule has 0 bridgehead atoms. The topological polar surface area (TPSA) is 87.7 Å². The minimum atomic E-state index is -1.17. The van der Waals surface area contributed by atoms with E-state index in [0.717, 1.165) is 13.1 Å². The van der Waals surface area contributed by atoms with Gasteiger partial charge in [0.2, 0.25) is 0 Å². The van der Waals surface area contributed by atoms with Crippen molar-refractivity contribution in [2.24, 2.45) is 11.8 Å². The van der Waals surface area contributed by atoms with Crippen LogP contribution in [0.25, 0.3) is 0 Å². The molecule has 18 heavy (non-hydrogen) atoms. The summed E-state index contributed by atoms with van der Waals surface area (Å²) < 4.78 is 4.80. The molecular weight excluding hydrogens is 236 g/mol. The molecule has 1 aliphatic heterocycles. The lowest BCUT2D eigenvalue weighted by Gasteiger charge is -2.26. The molecule has 2 aliphatic rings. The number of aliphatic carboxylic acids is 1. The maximum atomic E-state index is 11.5. The van der Waals surface area contributed by atoms with E-state index in [9.17, 15) is 14.7 Å². The average molecular weight is 254 g/mol. The molecule has 3 atom stereocenters. The highest BCUT2D eigenvalue weighted by atomic mass is 16.5. The molecular formula is C12H18N2O4. The third-order valence-electron chi connectivity index (χ3n) is 3.78. The van der Waals surface area contributed by atoms with E-state index >= 15 is 0 Å². The molecule has 0 spiro atoms. The Kier molecular flexibility index (Phi) is 3.56. The van der Waals surface area contributed by atoms with E-state index in [0.29, 0.717) is 24.7 Å². The van der Waals surface area contributed by atoms with Crippen molar-refractivity contribution in [2.75, 3.05) is 19.7 Å². The van der Waals surface area contributed by atoms with E-state index in [-0.39, 0.29) is 6.61 Å². The highest BCUT2D eigenvalue weighted by molar-refractivity contribution is 5.85. The van der Waals surface area contributed by atoms with Crippen LogP contribution < -0.4 is 10.6 Å². The van der Waals surface area contributed by atoms with E-state index in [4.69, 9.17) is 4.74 Å². The summed E-state index contributed by atoms with van der Waals surface area (Å²) >= 11 is 0. The smallest absolute Gasteiger partial charge is 0.408 e. The fourth-order valence-corrected chi connectivity index (χ4v) is 2.94. The van der Waals surface area contributed by atoms with E-state index < -0.39 is 17.6 Å². The van der Waals surface area contributed by atoms with Crippen LogP contribution in [0.3, 0.4) is 0 Å². The van der Waals surface area contributed by atoms with E-state index in [1.54, 1.807) is 0 Å². The van der Waals surface area contributed by atoms with Gasteiger partial charge in [-0.3, -0.25) is 0 Å². The molecule has 1 aliphatic carbocycles. The van der Waals surface area contributed by atoms with Crippen molar-refractivity contribution in [1.29, 1.82) is 0 Å². The number of carboxylic acid groups (broad SMARTS) is 1. The number of rotatable bonds is 4. The van der Waals surface area contributed by atoms with Crippen LogP contribution in [0.4, 0.5) is 4.79 Å². The second-order valence-electron chi connectivity index (χ2n) is 4.99. The Balaban J connectivity index is 2.02. The van der Waals surface area contributed by atoms with Gasteiger partial charge in [-0.1, -0.05) is 12.7 Å². The summed E-state index contributed by atoms with van der Waals surface area (Å²) in [5.74, 6) is -0.339. The first-order chi connectivity index (χ1) is 8.57. The molecule has 6 heteroatoms. The maximum absolute atomic E-state index is 11.5. The number of ether oxygens (including phenoxy) is 1. The Bertz CT molecular complexity index is 357. The van der Waals surface area contributed by atoms with Crippen molar-refractivity contribution >= 4 is 12.1 Å². The van der Waals surface area contributed by atoms with E-state index in [1.165, 1.54) is 6.08 Å². The number of hydrogen-bond donors (Lipinski definition) is 3. The molecule has 1 heterocycles. The predicted molar refractivity (Wildman–Crippen MR) is 64.1 cm³/mol. The lowest BCUT2D eigenvalue weighted by molar-refractivity contribution is -0.144. The van der Waals surface area contributed by atoms with Crippen LogP contribution in [0.2, 0.25) is 0 Å². The van der Waals surface area contributed by atoms with Crippen LogP contribution in [0.15, 0.2) is 12.7 Å². The number of carbonyl (C=O) groups is 2. The average Bonchev–Trinajstić information content (AvgIpc) is 2.85. The van der Waals surface area contributed by atoms with E-state index in [2.05, 4.69) is 17.2 Å². The Hall–Kier alpha value is -1.56. The molecule has 1 unspecified atom stereocenters. The quantitative estimate of drug-likeness (QED) is 0.630. The third-order valence-corrected chi connectivity index (χ3v) is 3.78. The summed E-state index contributed by atoms with van der Waals surface area (Å²) in [6.45, 7) is 5.16. The lowest BCUT2D eigenvalue weighted by Crippen LogP contribution is -2.53. The molecule has 2 rings (SSSR count). The van der Waals surface area contributed by atoms with Gasteiger partial charge in [0.05, 0.1) is 0 Å². The Labute approximate surface area is 105 Å². The van der Waals surface area contributed by atoms with Gasteiger partial charge in [0.15, 0.2) is 0 Å². The second kappa shape index (κ2) is 4.97. The minimum absolute atomic E-state index is 0.0793. The van der Waals surface area contributed by atoms with Gasteiger partial charge in [-0.2, -0.15) is 0 Å². The molecule has 0 aromatic carbocycles. The monoisotopic (exact) mass is 254 g/mol. The van der Waals surface area contributed by atoms with Gasteiger partial charge in [0.1, 0.15) is 12.1 Å². The zero-order valence-electron chi connectivity index (χ0n) is 10.1. The SMILES string of the molecule is C=CCOC(=O)NC1(C(=O)O)C[C@H]2CNC[C@H]2C1. The van der Waals surface area contributed by atoms with Crippen molar-refractivity contribution in [1.82, 2.24) is 10.6 Å². The summed E-state index contributed by atoms with van der Waals surface area (Å²) in [5, 5.41) is 15.1. The second-order valence-corrected chi connectivity index (χ2v) is 4.99. The Morgan fingerprint density at radius 3 is 2.56 bits per heavy atom. The first-order valence-corrected chi connectivity index (χ1v) is 6.07. The highest BCUT2D eigenvalue weighted by Crippen LogP contribution is 2.41. The van der Waals surface area contributed by atoms with Gasteiger partial charge < -0.3 is 20.5 Å². The van der Waals surface area contributed by atoms with E-state index in [1.807, 2.05) is 0 Å².